The molecule has 21 heavy (non-hydrogen) atoms. The molecule has 0 aliphatic heterocycles. The Morgan fingerprint density at radius 3 is 3.00 bits per heavy atom. The van der Waals surface area contributed by atoms with Crippen LogP contribution in [0.5, 0.6) is 0 Å². The van der Waals surface area contributed by atoms with Gasteiger partial charge in [0.15, 0.2) is 0 Å². The Morgan fingerprint density at radius 1 is 1.48 bits per heavy atom. The molecule has 1 aliphatic rings. The molecule has 1 aromatic heterocycles. The van der Waals surface area contributed by atoms with Crippen molar-refractivity contribution in [3.8, 4) is 10.6 Å². The molecule has 0 amide bonds. The number of hydrogen-bond acceptors (Lipinski definition) is 5. The number of aromatic nitrogens is 1. The van der Waals surface area contributed by atoms with Crippen LogP contribution in [0.4, 0.5) is 5.69 Å². The van der Waals surface area contributed by atoms with Gasteiger partial charge in [0, 0.05) is 28.6 Å². The molecule has 110 valence electrons. The SMILES string of the molecule is CNC1CCCc2nc(-c3cc([N+](=O)[O-])ccc3C)sc21. The fraction of sp³-hybridized carbons (Fsp3) is 0.400. The quantitative estimate of drug-likeness (QED) is 0.694. The number of rotatable bonds is 3. The van der Waals surface area contributed by atoms with Gasteiger partial charge in [-0.3, -0.25) is 10.1 Å². The Kier molecular flexibility index (Phi) is 3.73. The van der Waals surface area contributed by atoms with Crippen LogP contribution in [0.15, 0.2) is 18.2 Å². The third kappa shape index (κ3) is 2.56. The minimum absolute atomic E-state index is 0.119. The Bertz CT molecular complexity index is 696. The molecule has 1 atom stereocenters. The highest BCUT2D eigenvalue weighted by molar-refractivity contribution is 7.15. The van der Waals surface area contributed by atoms with Crippen molar-refractivity contribution in [2.24, 2.45) is 0 Å². The van der Waals surface area contributed by atoms with Crippen LogP contribution in [-0.4, -0.2) is 17.0 Å². The number of non-ortho nitro benzene ring substituents is 1. The van der Waals surface area contributed by atoms with Crippen molar-refractivity contribution < 1.29 is 4.92 Å². The van der Waals surface area contributed by atoms with Gasteiger partial charge in [0.2, 0.25) is 0 Å². The predicted octanol–water partition coefficient (Wildman–Crippen LogP) is 3.62. The lowest BCUT2D eigenvalue weighted by atomic mass is 9.98. The molecule has 0 saturated carbocycles. The molecule has 1 unspecified atom stereocenters. The van der Waals surface area contributed by atoms with Crippen molar-refractivity contribution in [3.63, 3.8) is 0 Å². The Hall–Kier alpha value is -1.79. The van der Waals surface area contributed by atoms with E-state index in [0.717, 1.165) is 41.1 Å². The number of aryl methyl sites for hydroxylation is 2. The van der Waals surface area contributed by atoms with E-state index in [9.17, 15) is 10.1 Å². The molecule has 3 rings (SSSR count). The molecular weight excluding hydrogens is 286 g/mol. The normalized spacial score (nSPS) is 17.5. The Balaban J connectivity index is 2.07. The lowest BCUT2D eigenvalue weighted by Crippen LogP contribution is -2.19. The van der Waals surface area contributed by atoms with E-state index in [1.807, 2.05) is 14.0 Å². The molecule has 0 bridgehead atoms. The highest BCUT2D eigenvalue weighted by Gasteiger charge is 2.24. The monoisotopic (exact) mass is 303 g/mol. The van der Waals surface area contributed by atoms with Gasteiger partial charge >= 0.3 is 0 Å². The largest absolute Gasteiger partial charge is 0.312 e. The van der Waals surface area contributed by atoms with Crippen molar-refractivity contribution in [1.29, 1.82) is 0 Å². The average molecular weight is 303 g/mol. The van der Waals surface area contributed by atoms with Crippen LogP contribution in [-0.2, 0) is 6.42 Å². The van der Waals surface area contributed by atoms with Crippen LogP contribution < -0.4 is 5.32 Å². The molecule has 0 fully saturated rings. The highest BCUT2D eigenvalue weighted by atomic mass is 32.1. The maximum atomic E-state index is 11.0. The second-order valence-corrected chi connectivity index (χ2v) is 6.35. The predicted molar refractivity (Wildman–Crippen MR) is 83.7 cm³/mol. The standard InChI is InChI=1S/C15H17N3O2S/c1-9-6-7-10(18(19)20)8-11(9)15-17-13-5-3-4-12(16-2)14(13)21-15/h6-8,12,16H,3-5H2,1-2H3. The summed E-state index contributed by atoms with van der Waals surface area (Å²) in [5, 5.41) is 15.2. The first-order chi connectivity index (χ1) is 10.1. The summed E-state index contributed by atoms with van der Waals surface area (Å²) in [7, 11) is 1.97. The number of nitrogens with one attached hydrogen (secondary N) is 1. The van der Waals surface area contributed by atoms with Crippen molar-refractivity contribution in [3.05, 3.63) is 44.4 Å². The number of thiazole rings is 1. The molecule has 1 heterocycles. The van der Waals surface area contributed by atoms with Gasteiger partial charge in [-0.2, -0.15) is 0 Å². The van der Waals surface area contributed by atoms with Crippen LogP contribution in [0.1, 0.15) is 35.0 Å². The van der Waals surface area contributed by atoms with Crippen LogP contribution in [0, 0.1) is 17.0 Å². The zero-order valence-corrected chi connectivity index (χ0v) is 12.9. The van der Waals surface area contributed by atoms with Gasteiger partial charge in [0.25, 0.3) is 5.69 Å². The lowest BCUT2D eigenvalue weighted by Gasteiger charge is -2.19. The Labute approximate surface area is 127 Å². The van der Waals surface area contributed by atoms with E-state index in [0.29, 0.717) is 6.04 Å². The molecule has 2 aromatic rings. The summed E-state index contributed by atoms with van der Waals surface area (Å²) in [6, 6.07) is 5.33. The fourth-order valence-electron chi connectivity index (χ4n) is 2.76. The van der Waals surface area contributed by atoms with Crippen molar-refractivity contribution in [2.75, 3.05) is 7.05 Å². The molecule has 1 N–H and O–H groups in total. The van der Waals surface area contributed by atoms with Gasteiger partial charge in [-0.1, -0.05) is 6.07 Å². The van der Waals surface area contributed by atoms with Crippen LogP contribution in [0.25, 0.3) is 10.6 Å². The third-order valence-electron chi connectivity index (χ3n) is 3.96. The number of benzene rings is 1. The van der Waals surface area contributed by atoms with Crippen LogP contribution in [0.2, 0.25) is 0 Å². The summed E-state index contributed by atoms with van der Waals surface area (Å²) in [5.41, 5.74) is 3.16. The van der Waals surface area contributed by atoms with Gasteiger partial charge in [-0.05, 0) is 38.8 Å². The number of fused-ring (bicyclic) bond motifs is 1. The van der Waals surface area contributed by atoms with E-state index in [4.69, 9.17) is 4.98 Å². The van der Waals surface area contributed by atoms with Gasteiger partial charge in [0.05, 0.1) is 10.6 Å². The van der Waals surface area contributed by atoms with E-state index in [1.54, 1.807) is 29.5 Å². The minimum Gasteiger partial charge on any atom is -0.312 e. The summed E-state index contributed by atoms with van der Waals surface area (Å²) < 4.78 is 0. The van der Waals surface area contributed by atoms with Gasteiger partial charge < -0.3 is 5.32 Å². The van der Waals surface area contributed by atoms with E-state index in [-0.39, 0.29) is 10.6 Å². The van der Waals surface area contributed by atoms with Crippen molar-refractivity contribution in [1.82, 2.24) is 10.3 Å². The Morgan fingerprint density at radius 2 is 2.29 bits per heavy atom. The topological polar surface area (TPSA) is 68.1 Å². The van der Waals surface area contributed by atoms with E-state index in [1.165, 1.54) is 4.88 Å². The summed E-state index contributed by atoms with van der Waals surface area (Å²) in [6.45, 7) is 1.97. The molecule has 5 nitrogen and oxygen atoms in total. The van der Waals surface area contributed by atoms with Gasteiger partial charge in [0.1, 0.15) is 5.01 Å². The highest BCUT2D eigenvalue weighted by Crippen LogP contribution is 2.39. The summed E-state index contributed by atoms with van der Waals surface area (Å²) in [4.78, 5) is 16.6. The number of nitrogens with zero attached hydrogens (tertiary/aromatic N) is 2. The van der Waals surface area contributed by atoms with Crippen LogP contribution in [0.3, 0.4) is 0 Å². The van der Waals surface area contributed by atoms with Crippen molar-refractivity contribution >= 4 is 17.0 Å². The second kappa shape index (κ2) is 5.54. The zero-order chi connectivity index (χ0) is 15.0. The molecule has 1 aliphatic carbocycles. The maximum absolute atomic E-state index is 11.0. The first-order valence-electron chi connectivity index (χ1n) is 7.02. The zero-order valence-electron chi connectivity index (χ0n) is 12.0. The van der Waals surface area contributed by atoms with Crippen LogP contribution >= 0.6 is 11.3 Å². The summed E-state index contributed by atoms with van der Waals surface area (Å²) >= 11 is 1.66. The first-order valence-corrected chi connectivity index (χ1v) is 7.84. The smallest absolute Gasteiger partial charge is 0.270 e. The number of hydrogen-bond donors (Lipinski definition) is 1. The first kappa shape index (κ1) is 14.2. The molecule has 0 spiro atoms. The minimum atomic E-state index is -0.354. The molecule has 0 radical (unpaired) electrons. The van der Waals surface area contributed by atoms with E-state index < -0.39 is 0 Å². The number of nitro groups is 1. The van der Waals surface area contributed by atoms with Gasteiger partial charge in [-0.25, -0.2) is 4.98 Å². The molecule has 1 aromatic carbocycles. The maximum Gasteiger partial charge on any atom is 0.270 e. The van der Waals surface area contributed by atoms with E-state index >= 15 is 0 Å². The number of nitro benzene ring substituents is 1. The van der Waals surface area contributed by atoms with E-state index in [2.05, 4.69) is 5.32 Å². The molecule has 6 heteroatoms. The average Bonchev–Trinajstić information content (AvgIpc) is 2.90. The second-order valence-electron chi connectivity index (χ2n) is 5.32. The third-order valence-corrected chi connectivity index (χ3v) is 5.21. The molecule has 0 saturated heterocycles. The fourth-order valence-corrected chi connectivity index (χ4v) is 4.10. The van der Waals surface area contributed by atoms with Crippen molar-refractivity contribution in [2.45, 2.75) is 32.2 Å². The molecular formula is C15H17N3O2S. The lowest BCUT2D eigenvalue weighted by molar-refractivity contribution is -0.384. The summed E-state index contributed by atoms with van der Waals surface area (Å²) in [5.74, 6) is 0. The summed E-state index contributed by atoms with van der Waals surface area (Å²) in [6.07, 6.45) is 3.26. The van der Waals surface area contributed by atoms with Gasteiger partial charge in [-0.15, -0.1) is 11.3 Å².